The molecule has 156 valence electrons. The van der Waals surface area contributed by atoms with Gasteiger partial charge in [-0.3, -0.25) is 0 Å². The highest BCUT2D eigenvalue weighted by Crippen LogP contribution is 2.35. The zero-order chi connectivity index (χ0) is 21.1. The summed E-state index contributed by atoms with van der Waals surface area (Å²) in [7, 11) is 4.96. The van der Waals surface area contributed by atoms with Crippen LogP contribution in [0.5, 0.6) is 17.2 Å². The van der Waals surface area contributed by atoms with Crippen LogP contribution in [0.25, 0.3) is 0 Å². The third-order valence-corrected chi connectivity index (χ3v) is 5.72. The maximum atomic E-state index is 5.86. The van der Waals surface area contributed by atoms with E-state index in [1.165, 1.54) is 5.69 Å². The highest BCUT2D eigenvalue weighted by atomic mass is 32.1. The first-order chi connectivity index (χ1) is 14.6. The largest absolute Gasteiger partial charge is 0.497 e. The molecular formula is C23H25N3O3S. The van der Waals surface area contributed by atoms with Gasteiger partial charge in [-0.05, 0) is 54.2 Å². The lowest BCUT2D eigenvalue weighted by Gasteiger charge is -2.39. The number of aromatic nitrogens is 1. The van der Waals surface area contributed by atoms with Crippen LogP contribution >= 0.6 is 12.2 Å². The number of benzene rings is 2. The van der Waals surface area contributed by atoms with Crippen molar-refractivity contribution >= 4 is 23.0 Å². The molecule has 0 radical (unpaired) electrons. The molecule has 0 fully saturated rings. The topological polar surface area (TPSA) is 47.9 Å². The van der Waals surface area contributed by atoms with E-state index in [-0.39, 0.29) is 6.04 Å². The molecule has 0 saturated carbocycles. The third kappa shape index (κ3) is 3.80. The van der Waals surface area contributed by atoms with E-state index < -0.39 is 0 Å². The lowest BCUT2D eigenvalue weighted by molar-refractivity contribution is 0.293. The first-order valence-corrected chi connectivity index (χ1v) is 10.1. The molecule has 0 saturated heterocycles. The molecule has 1 aromatic heterocycles. The van der Waals surface area contributed by atoms with Gasteiger partial charge in [0.15, 0.2) is 5.11 Å². The second kappa shape index (κ2) is 8.67. The van der Waals surface area contributed by atoms with Crippen molar-refractivity contribution in [2.75, 3.05) is 33.2 Å². The molecule has 2 aromatic carbocycles. The summed E-state index contributed by atoms with van der Waals surface area (Å²) in [6, 6.07) is 18.0. The molecule has 0 spiro atoms. The summed E-state index contributed by atoms with van der Waals surface area (Å²) >= 11 is 5.86. The van der Waals surface area contributed by atoms with Crippen LogP contribution in [-0.4, -0.2) is 42.5 Å². The Morgan fingerprint density at radius 1 is 0.933 bits per heavy atom. The van der Waals surface area contributed by atoms with E-state index in [9.17, 15) is 0 Å². The molecule has 6 nitrogen and oxygen atoms in total. The summed E-state index contributed by atoms with van der Waals surface area (Å²) in [5.74, 6) is 2.28. The number of hydrogen-bond acceptors (Lipinski definition) is 4. The Bertz CT molecular complexity index is 1030. The molecule has 0 amide bonds. The summed E-state index contributed by atoms with van der Waals surface area (Å²) < 4.78 is 18.5. The standard InChI is InChI=1S/C23H25N3O3S/c1-27-17-8-6-16(7-9-17)22-20-5-4-12-25(20)13-14-26(22)23(30)24-19-15-18(28-2)10-11-21(19)29-3/h4-12,15,22H,13-14H2,1-3H3,(H,24,30). The van der Waals surface area contributed by atoms with Gasteiger partial charge in [-0.15, -0.1) is 0 Å². The highest BCUT2D eigenvalue weighted by Gasteiger charge is 2.30. The molecule has 1 aliphatic heterocycles. The second-order valence-corrected chi connectivity index (χ2v) is 7.38. The van der Waals surface area contributed by atoms with E-state index in [1.54, 1.807) is 21.3 Å². The number of nitrogens with zero attached hydrogens (tertiary/aromatic N) is 2. The maximum Gasteiger partial charge on any atom is 0.174 e. The van der Waals surface area contributed by atoms with Crippen LogP contribution < -0.4 is 19.5 Å². The number of ether oxygens (including phenoxy) is 3. The average Bonchev–Trinajstić information content (AvgIpc) is 3.27. The normalized spacial score (nSPS) is 15.3. The Morgan fingerprint density at radius 3 is 2.37 bits per heavy atom. The van der Waals surface area contributed by atoms with Gasteiger partial charge in [-0.25, -0.2) is 0 Å². The van der Waals surface area contributed by atoms with Crippen molar-refractivity contribution in [3.05, 3.63) is 72.1 Å². The minimum Gasteiger partial charge on any atom is -0.497 e. The van der Waals surface area contributed by atoms with E-state index in [0.717, 1.165) is 35.8 Å². The molecule has 7 heteroatoms. The van der Waals surface area contributed by atoms with Gasteiger partial charge in [0.1, 0.15) is 17.2 Å². The van der Waals surface area contributed by atoms with E-state index >= 15 is 0 Å². The van der Waals surface area contributed by atoms with Crippen LogP contribution in [0.15, 0.2) is 60.8 Å². The van der Waals surface area contributed by atoms with Gasteiger partial charge in [0.2, 0.25) is 0 Å². The molecule has 2 heterocycles. The van der Waals surface area contributed by atoms with Crippen LogP contribution in [0.3, 0.4) is 0 Å². The molecule has 3 aromatic rings. The van der Waals surface area contributed by atoms with Crippen molar-refractivity contribution in [2.45, 2.75) is 12.6 Å². The Hall–Kier alpha value is -3.19. The van der Waals surface area contributed by atoms with E-state index in [1.807, 2.05) is 30.3 Å². The molecule has 0 bridgehead atoms. The third-order valence-electron chi connectivity index (χ3n) is 5.38. The zero-order valence-corrected chi connectivity index (χ0v) is 18.1. The molecule has 1 atom stereocenters. The number of nitrogens with one attached hydrogen (secondary N) is 1. The first kappa shape index (κ1) is 20.1. The van der Waals surface area contributed by atoms with Crippen molar-refractivity contribution in [2.24, 2.45) is 0 Å². The Morgan fingerprint density at radius 2 is 1.67 bits per heavy atom. The molecule has 30 heavy (non-hydrogen) atoms. The van der Waals surface area contributed by atoms with E-state index in [0.29, 0.717) is 10.9 Å². The lowest BCUT2D eigenvalue weighted by atomic mass is 10.00. The summed E-state index contributed by atoms with van der Waals surface area (Å²) in [6.45, 7) is 1.66. The fraction of sp³-hybridized carbons (Fsp3) is 0.261. The highest BCUT2D eigenvalue weighted by molar-refractivity contribution is 7.80. The van der Waals surface area contributed by atoms with Crippen molar-refractivity contribution in [3.8, 4) is 17.2 Å². The molecular weight excluding hydrogens is 398 g/mol. The van der Waals surface area contributed by atoms with Gasteiger partial charge in [-0.2, -0.15) is 0 Å². The predicted octanol–water partition coefficient (Wildman–Crippen LogP) is 4.32. The number of hydrogen-bond donors (Lipinski definition) is 1. The Labute approximate surface area is 182 Å². The number of fused-ring (bicyclic) bond motifs is 1. The molecule has 1 unspecified atom stereocenters. The van der Waals surface area contributed by atoms with Crippen molar-refractivity contribution in [3.63, 3.8) is 0 Å². The minimum absolute atomic E-state index is 0.00346. The van der Waals surface area contributed by atoms with Crippen LogP contribution in [0.4, 0.5) is 5.69 Å². The summed E-state index contributed by atoms with van der Waals surface area (Å²) in [6.07, 6.45) is 2.12. The number of rotatable bonds is 5. The Kier molecular flexibility index (Phi) is 5.81. The van der Waals surface area contributed by atoms with Gasteiger partial charge in [-0.1, -0.05) is 12.1 Å². The van der Waals surface area contributed by atoms with E-state index in [4.69, 9.17) is 26.4 Å². The van der Waals surface area contributed by atoms with Gasteiger partial charge in [0, 0.05) is 31.0 Å². The summed E-state index contributed by atoms with van der Waals surface area (Å²) in [5.41, 5.74) is 3.13. The second-order valence-electron chi connectivity index (χ2n) is 6.99. The van der Waals surface area contributed by atoms with Gasteiger partial charge >= 0.3 is 0 Å². The Balaban J connectivity index is 1.67. The summed E-state index contributed by atoms with van der Waals surface area (Å²) in [4.78, 5) is 2.21. The molecule has 4 rings (SSSR count). The average molecular weight is 424 g/mol. The summed E-state index contributed by atoms with van der Waals surface area (Å²) in [5, 5.41) is 4.00. The lowest BCUT2D eigenvalue weighted by Crippen LogP contribution is -2.44. The van der Waals surface area contributed by atoms with Crippen LogP contribution in [0.2, 0.25) is 0 Å². The first-order valence-electron chi connectivity index (χ1n) is 9.73. The SMILES string of the molecule is COc1ccc(C2c3cccn3CCN2C(=S)Nc2cc(OC)ccc2OC)cc1. The number of thiocarbonyl (C=S) groups is 1. The monoisotopic (exact) mass is 423 g/mol. The van der Waals surface area contributed by atoms with Crippen LogP contribution in [0.1, 0.15) is 17.3 Å². The van der Waals surface area contributed by atoms with Crippen LogP contribution in [0, 0.1) is 0 Å². The quantitative estimate of drug-likeness (QED) is 0.617. The van der Waals surface area contributed by atoms with E-state index in [2.05, 4.69) is 45.2 Å². The number of methoxy groups -OCH3 is 3. The molecule has 1 aliphatic rings. The van der Waals surface area contributed by atoms with Crippen molar-refractivity contribution in [1.82, 2.24) is 9.47 Å². The van der Waals surface area contributed by atoms with Crippen molar-refractivity contribution in [1.29, 1.82) is 0 Å². The van der Waals surface area contributed by atoms with Crippen molar-refractivity contribution < 1.29 is 14.2 Å². The zero-order valence-electron chi connectivity index (χ0n) is 17.3. The van der Waals surface area contributed by atoms with Gasteiger partial charge in [0.05, 0.1) is 33.1 Å². The smallest absolute Gasteiger partial charge is 0.174 e. The fourth-order valence-electron chi connectivity index (χ4n) is 3.84. The van der Waals surface area contributed by atoms with Crippen LogP contribution in [-0.2, 0) is 6.54 Å². The van der Waals surface area contributed by atoms with Gasteiger partial charge < -0.3 is 29.0 Å². The maximum absolute atomic E-state index is 5.86. The molecule has 0 aliphatic carbocycles. The number of anilines is 1. The van der Waals surface area contributed by atoms with Gasteiger partial charge in [0.25, 0.3) is 0 Å². The molecule has 1 N–H and O–H groups in total. The predicted molar refractivity (Wildman–Crippen MR) is 122 cm³/mol. The minimum atomic E-state index is -0.00346. The fourth-order valence-corrected chi connectivity index (χ4v) is 4.14.